The predicted molar refractivity (Wildman–Crippen MR) is 116 cm³/mol. The summed E-state index contributed by atoms with van der Waals surface area (Å²) in [5.41, 5.74) is 1.86. The van der Waals surface area contributed by atoms with Crippen molar-refractivity contribution in [1.82, 2.24) is 5.32 Å². The van der Waals surface area contributed by atoms with E-state index in [-0.39, 0.29) is 16.4 Å². The Bertz CT molecular complexity index is 1090. The largest absolute Gasteiger partial charge is 0.493 e. The van der Waals surface area contributed by atoms with E-state index in [4.69, 9.17) is 9.47 Å². The van der Waals surface area contributed by atoms with Gasteiger partial charge in [-0.2, -0.15) is 0 Å². The molecule has 1 fully saturated rings. The topological polar surface area (TPSA) is 98.8 Å². The van der Waals surface area contributed by atoms with Crippen LogP contribution >= 0.6 is 0 Å². The molecule has 2 aromatic rings. The Morgan fingerprint density at radius 3 is 2.20 bits per heavy atom. The summed E-state index contributed by atoms with van der Waals surface area (Å²) < 4.78 is 61.5. The molecule has 30 heavy (non-hydrogen) atoms. The highest BCUT2D eigenvalue weighted by atomic mass is 32.2. The van der Waals surface area contributed by atoms with Crippen molar-refractivity contribution in [3.8, 4) is 11.5 Å². The number of sulfone groups is 2. The number of methoxy groups -OCH3 is 2. The minimum atomic E-state index is -3.80. The Labute approximate surface area is 178 Å². The van der Waals surface area contributed by atoms with Crippen molar-refractivity contribution in [3.05, 3.63) is 53.6 Å². The van der Waals surface area contributed by atoms with Crippen molar-refractivity contribution in [3.63, 3.8) is 0 Å². The molecule has 1 aliphatic heterocycles. The molecule has 0 radical (unpaired) electrons. The number of benzene rings is 2. The summed E-state index contributed by atoms with van der Waals surface area (Å²) >= 11 is 0. The van der Waals surface area contributed by atoms with Crippen LogP contribution in [0, 0.1) is 0 Å². The highest BCUT2D eigenvalue weighted by Crippen LogP contribution is 2.29. The first-order valence-corrected chi connectivity index (χ1v) is 13.0. The number of hydrogen-bond donors (Lipinski definition) is 1. The average Bonchev–Trinajstić information content (AvgIpc) is 3.07. The fourth-order valence-corrected chi connectivity index (χ4v) is 8.36. The van der Waals surface area contributed by atoms with Crippen LogP contribution in [-0.2, 0) is 32.6 Å². The summed E-state index contributed by atoms with van der Waals surface area (Å²) in [4.78, 5) is 0.153. The molecule has 164 valence electrons. The van der Waals surface area contributed by atoms with Crippen molar-refractivity contribution in [2.45, 2.75) is 36.1 Å². The standard InChI is InChI=1S/C21H27NO6S2/c1-4-15-5-8-17(9-6-15)30(25,26)21-14-29(23,24)13-18(21)22-12-16-7-10-19(27-2)20(11-16)28-3/h5-11,18,21-22H,4,12-14H2,1-3H3/t18-,21+/m1/s1. The van der Waals surface area contributed by atoms with E-state index in [1.165, 1.54) is 7.11 Å². The summed E-state index contributed by atoms with van der Waals surface area (Å²) in [5.74, 6) is 0.544. The maximum Gasteiger partial charge on any atom is 0.183 e. The van der Waals surface area contributed by atoms with Gasteiger partial charge in [0.2, 0.25) is 0 Å². The molecule has 1 N–H and O–H groups in total. The van der Waals surface area contributed by atoms with Crippen LogP contribution in [-0.4, -0.2) is 53.9 Å². The lowest BCUT2D eigenvalue weighted by Crippen LogP contribution is -2.43. The van der Waals surface area contributed by atoms with Gasteiger partial charge in [-0.05, 0) is 41.8 Å². The van der Waals surface area contributed by atoms with Crippen LogP contribution in [0.3, 0.4) is 0 Å². The van der Waals surface area contributed by atoms with E-state index in [9.17, 15) is 16.8 Å². The lowest BCUT2D eigenvalue weighted by molar-refractivity contribution is 0.354. The molecule has 9 heteroatoms. The number of aryl methyl sites for hydroxylation is 1. The molecule has 0 amide bonds. The second kappa shape index (κ2) is 8.95. The van der Waals surface area contributed by atoms with Gasteiger partial charge in [-0.25, -0.2) is 16.8 Å². The lowest BCUT2D eigenvalue weighted by Gasteiger charge is -2.20. The first-order valence-electron chi connectivity index (χ1n) is 9.67. The number of nitrogens with one attached hydrogen (secondary N) is 1. The van der Waals surface area contributed by atoms with E-state index in [0.717, 1.165) is 17.5 Å². The summed E-state index contributed by atoms with van der Waals surface area (Å²) in [6.07, 6.45) is 0.799. The molecule has 0 unspecified atom stereocenters. The van der Waals surface area contributed by atoms with Crippen LogP contribution in [0.1, 0.15) is 18.1 Å². The summed E-state index contributed by atoms with van der Waals surface area (Å²) in [5, 5.41) is 2.10. The predicted octanol–water partition coefficient (Wildman–Crippen LogP) is 2.00. The Hall–Kier alpha value is -2.10. The molecular weight excluding hydrogens is 426 g/mol. The Morgan fingerprint density at radius 1 is 0.967 bits per heavy atom. The molecule has 0 aliphatic carbocycles. The fraction of sp³-hybridized carbons (Fsp3) is 0.429. The van der Waals surface area contributed by atoms with Gasteiger partial charge < -0.3 is 14.8 Å². The fourth-order valence-electron chi connectivity index (χ4n) is 3.64. The van der Waals surface area contributed by atoms with E-state index >= 15 is 0 Å². The van der Waals surface area contributed by atoms with E-state index in [1.54, 1.807) is 43.5 Å². The molecule has 2 aromatic carbocycles. The third kappa shape index (κ3) is 4.79. The molecule has 0 bridgehead atoms. The third-order valence-electron chi connectivity index (χ3n) is 5.38. The molecule has 3 rings (SSSR count). The zero-order chi connectivity index (χ0) is 21.9. The molecule has 0 aromatic heterocycles. The molecular formula is C21H27NO6S2. The Kier molecular flexibility index (Phi) is 6.74. The maximum atomic E-state index is 13.2. The van der Waals surface area contributed by atoms with E-state index < -0.39 is 31.0 Å². The quantitative estimate of drug-likeness (QED) is 0.653. The van der Waals surface area contributed by atoms with Crippen LogP contribution in [0.15, 0.2) is 47.4 Å². The first-order chi connectivity index (χ1) is 14.2. The van der Waals surface area contributed by atoms with Gasteiger partial charge >= 0.3 is 0 Å². The van der Waals surface area contributed by atoms with E-state index in [2.05, 4.69) is 5.32 Å². The smallest absolute Gasteiger partial charge is 0.183 e. The second-order valence-electron chi connectivity index (χ2n) is 7.33. The van der Waals surface area contributed by atoms with Gasteiger partial charge in [0.1, 0.15) is 0 Å². The van der Waals surface area contributed by atoms with Gasteiger partial charge in [0, 0.05) is 12.6 Å². The van der Waals surface area contributed by atoms with Crippen LogP contribution in [0.2, 0.25) is 0 Å². The number of hydrogen-bond acceptors (Lipinski definition) is 7. The minimum Gasteiger partial charge on any atom is -0.493 e. The summed E-state index contributed by atoms with van der Waals surface area (Å²) in [6, 6.07) is 11.3. The first kappa shape index (κ1) is 22.6. The highest BCUT2D eigenvalue weighted by molar-refractivity contribution is 7.96. The highest BCUT2D eigenvalue weighted by Gasteiger charge is 2.45. The molecule has 1 heterocycles. The van der Waals surface area contributed by atoms with Gasteiger partial charge in [0.15, 0.2) is 31.2 Å². The van der Waals surface area contributed by atoms with Crippen molar-refractivity contribution >= 4 is 19.7 Å². The van der Waals surface area contributed by atoms with Crippen LogP contribution in [0.4, 0.5) is 0 Å². The van der Waals surface area contributed by atoms with Gasteiger partial charge in [-0.1, -0.05) is 25.1 Å². The molecule has 7 nitrogen and oxygen atoms in total. The molecule has 2 atom stereocenters. The number of ether oxygens (including phenoxy) is 2. The molecule has 1 saturated heterocycles. The SMILES string of the molecule is CCc1ccc(S(=O)(=O)[C@H]2CS(=O)(=O)C[C@H]2NCc2ccc(OC)c(OC)c2)cc1. The zero-order valence-corrected chi connectivity index (χ0v) is 18.9. The Morgan fingerprint density at radius 2 is 1.60 bits per heavy atom. The van der Waals surface area contributed by atoms with E-state index in [1.807, 2.05) is 13.0 Å². The molecule has 0 spiro atoms. The minimum absolute atomic E-state index is 0.153. The Balaban J connectivity index is 1.82. The monoisotopic (exact) mass is 453 g/mol. The van der Waals surface area contributed by atoms with Crippen molar-refractivity contribution in [2.75, 3.05) is 25.7 Å². The normalized spacial score (nSPS) is 20.8. The van der Waals surface area contributed by atoms with Crippen LogP contribution in [0.25, 0.3) is 0 Å². The summed E-state index contributed by atoms with van der Waals surface area (Å²) in [7, 11) is -4.18. The third-order valence-corrected chi connectivity index (χ3v) is 9.54. The van der Waals surface area contributed by atoms with Gasteiger partial charge in [0.25, 0.3) is 0 Å². The molecule has 0 saturated carbocycles. The zero-order valence-electron chi connectivity index (χ0n) is 17.3. The van der Waals surface area contributed by atoms with Gasteiger partial charge in [0.05, 0.1) is 35.9 Å². The second-order valence-corrected chi connectivity index (χ2v) is 11.7. The molecule has 1 aliphatic rings. The van der Waals surface area contributed by atoms with Crippen LogP contribution in [0.5, 0.6) is 11.5 Å². The number of rotatable bonds is 8. The van der Waals surface area contributed by atoms with Gasteiger partial charge in [-0.15, -0.1) is 0 Å². The maximum absolute atomic E-state index is 13.2. The van der Waals surface area contributed by atoms with Gasteiger partial charge in [-0.3, -0.25) is 0 Å². The van der Waals surface area contributed by atoms with Crippen LogP contribution < -0.4 is 14.8 Å². The average molecular weight is 454 g/mol. The van der Waals surface area contributed by atoms with E-state index in [0.29, 0.717) is 18.0 Å². The van der Waals surface area contributed by atoms with Crippen molar-refractivity contribution < 1.29 is 26.3 Å². The summed E-state index contributed by atoms with van der Waals surface area (Å²) in [6.45, 7) is 2.29. The lowest BCUT2D eigenvalue weighted by atomic mass is 10.1. The van der Waals surface area contributed by atoms with Crippen molar-refractivity contribution in [1.29, 1.82) is 0 Å². The van der Waals surface area contributed by atoms with Crippen molar-refractivity contribution in [2.24, 2.45) is 0 Å².